The van der Waals surface area contributed by atoms with Crippen LogP contribution in [-0.4, -0.2) is 14.5 Å². The molecule has 2 aromatic rings. The van der Waals surface area contributed by atoms with Crippen LogP contribution in [0.3, 0.4) is 0 Å². The molecule has 74 valence electrons. The molecule has 0 aliphatic heterocycles. The summed E-state index contributed by atoms with van der Waals surface area (Å²) in [5.41, 5.74) is 7.89. The summed E-state index contributed by atoms with van der Waals surface area (Å²) in [6.07, 6.45) is 4.69. The largest absolute Gasteiger partial charge is 0.383 e. The molecule has 0 spiro atoms. The molecule has 2 heterocycles. The molecule has 0 bridgehead atoms. The summed E-state index contributed by atoms with van der Waals surface area (Å²) in [4.78, 5) is 8.25. The van der Waals surface area contributed by atoms with Crippen LogP contribution in [0.5, 0.6) is 0 Å². The molecular formula is C10H14N4. The number of aryl methyl sites for hydroxylation is 2. The number of nitrogen functional groups attached to an aromatic ring is 1. The van der Waals surface area contributed by atoms with Crippen molar-refractivity contribution in [1.82, 2.24) is 14.5 Å². The maximum atomic E-state index is 5.80. The Balaban J connectivity index is 2.71. The fourth-order valence-electron chi connectivity index (χ4n) is 1.76. The Morgan fingerprint density at radius 2 is 2.21 bits per heavy atom. The van der Waals surface area contributed by atoms with Crippen molar-refractivity contribution < 1.29 is 0 Å². The molecule has 2 N–H and O–H groups in total. The van der Waals surface area contributed by atoms with Crippen molar-refractivity contribution in [3.8, 4) is 0 Å². The topological polar surface area (TPSA) is 56.7 Å². The number of hydrogen-bond acceptors (Lipinski definition) is 3. The van der Waals surface area contributed by atoms with E-state index in [0.717, 1.165) is 29.6 Å². The average molecular weight is 190 g/mol. The Labute approximate surface area is 82.8 Å². The summed E-state index contributed by atoms with van der Waals surface area (Å²) in [6, 6.07) is 0. The summed E-state index contributed by atoms with van der Waals surface area (Å²) < 4.78 is 2.13. The zero-order valence-corrected chi connectivity index (χ0v) is 8.49. The quantitative estimate of drug-likeness (QED) is 0.784. The highest BCUT2D eigenvalue weighted by molar-refractivity contribution is 5.89. The van der Waals surface area contributed by atoms with Crippen LogP contribution in [0.15, 0.2) is 12.5 Å². The molecule has 4 nitrogen and oxygen atoms in total. The van der Waals surface area contributed by atoms with Gasteiger partial charge in [0.05, 0.1) is 5.39 Å². The van der Waals surface area contributed by atoms with Gasteiger partial charge in [0.15, 0.2) is 0 Å². The van der Waals surface area contributed by atoms with Crippen molar-refractivity contribution in [2.45, 2.75) is 26.8 Å². The van der Waals surface area contributed by atoms with Gasteiger partial charge in [-0.25, -0.2) is 9.97 Å². The summed E-state index contributed by atoms with van der Waals surface area (Å²) in [5, 5.41) is 0.987. The molecule has 0 aliphatic carbocycles. The maximum Gasteiger partial charge on any atom is 0.145 e. The lowest BCUT2D eigenvalue weighted by Crippen LogP contribution is -1.98. The van der Waals surface area contributed by atoms with E-state index in [9.17, 15) is 0 Å². The standard InChI is InChI=1S/C10H14N4/c1-3-4-14-5-7(2)8-9(11)12-6-13-10(8)14/h5-6H,3-4H2,1-2H3,(H2,11,12,13). The van der Waals surface area contributed by atoms with Gasteiger partial charge in [-0.15, -0.1) is 0 Å². The molecule has 14 heavy (non-hydrogen) atoms. The number of nitrogens with two attached hydrogens (primary N) is 1. The van der Waals surface area contributed by atoms with Crippen LogP contribution in [0.4, 0.5) is 5.82 Å². The van der Waals surface area contributed by atoms with Gasteiger partial charge in [-0.2, -0.15) is 0 Å². The molecule has 0 aliphatic rings. The molecule has 0 amide bonds. The Morgan fingerprint density at radius 1 is 1.43 bits per heavy atom. The smallest absolute Gasteiger partial charge is 0.145 e. The number of anilines is 1. The first-order valence-electron chi connectivity index (χ1n) is 4.80. The first-order valence-corrected chi connectivity index (χ1v) is 4.80. The van der Waals surface area contributed by atoms with E-state index in [-0.39, 0.29) is 0 Å². The number of nitrogens with zero attached hydrogens (tertiary/aromatic N) is 3. The molecule has 2 aromatic heterocycles. The second-order valence-electron chi connectivity index (χ2n) is 3.46. The van der Waals surface area contributed by atoms with Crippen LogP contribution in [-0.2, 0) is 6.54 Å². The summed E-state index contributed by atoms with van der Waals surface area (Å²) in [7, 11) is 0. The second-order valence-corrected chi connectivity index (χ2v) is 3.46. The summed E-state index contributed by atoms with van der Waals surface area (Å²) >= 11 is 0. The fraction of sp³-hybridized carbons (Fsp3) is 0.400. The van der Waals surface area contributed by atoms with Gasteiger partial charge in [-0.05, 0) is 18.9 Å². The average Bonchev–Trinajstić information content (AvgIpc) is 2.46. The van der Waals surface area contributed by atoms with Crippen molar-refractivity contribution in [2.24, 2.45) is 0 Å². The molecule has 0 atom stereocenters. The van der Waals surface area contributed by atoms with Gasteiger partial charge >= 0.3 is 0 Å². The first-order chi connectivity index (χ1) is 6.74. The van der Waals surface area contributed by atoms with Gasteiger partial charge in [0.1, 0.15) is 17.8 Å². The highest BCUT2D eigenvalue weighted by Crippen LogP contribution is 2.22. The van der Waals surface area contributed by atoms with Crippen molar-refractivity contribution in [3.63, 3.8) is 0 Å². The minimum atomic E-state index is 0.572. The Bertz CT molecular complexity index is 458. The van der Waals surface area contributed by atoms with E-state index in [1.54, 1.807) is 0 Å². The van der Waals surface area contributed by atoms with Crippen LogP contribution >= 0.6 is 0 Å². The van der Waals surface area contributed by atoms with Crippen LogP contribution in [0, 0.1) is 6.92 Å². The lowest BCUT2D eigenvalue weighted by Gasteiger charge is -2.01. The number of aromatic nitrogens is 3. The van der Waals surface area contributed by atoms with Gasteiger partial charge in [0.2, 0.25) is 0 Å². The molecular weight excluding hydrogens is 176 g/mol. The Kier molecular flexibility index (Phi) is 2.11. The predicted molar refractivity (Wildman–Crippen MR) is 57.0 cm³/mol. The first kappa shape index (κ1) is 8.99. The van der Waals surface area contributed by atoms with E-state index < -0.39 is 0 Å². The molecule has 0 radical (unpaired) electrons. The van der Waals surface area contributed by atoms with Gasteiger partial charge in [-0.3, -0.25) is 0 Å². The van der Waals surface area contributed by atoms with Crippen LogP contribution < -0.4 is 5.73 Å². The van der Waals surface area contributed by atoms with Crippen molar-refractivity contribution >= 4 is 16.9 Å². The Morgan fingerprint density at radius 3 is 2.93 bits per heavy atom. The number of fused-ring (bicyclic) bond motifs is 1. The summed E-state index contributed by atoms with van der Waals surface area (Å²) in [5.74, 6) is 0.572. The van der Waals surface area contributed by atoms with Crippen molar-refractivity contribution in [2.75, 3.05) is 5.73 Å². The maximum absolute atomic E-state index is 5.80. The number of hydrogen-bond donors (Lipinski definition) is 1. The third-order valence-electron chi connectivity index (χ3n) is 2.34. The molecule has 4 heteroatoms. The third-order valence-corrected chi connectivity index (χ3v) is 2.34. The van der Waals surface area contributed by atoms with E-state index in [1.165, 1.54) is 6.33 Å². The number of rotatable bonds is 2. The van der Waals surface area contributed by atoms with Gasteiger partial charge in [-0.1, -0.05) is 6.92 Å². The minimum absolute atomic E-state index is 0.572. The molecule has 0 aromatic carbocycles. The lowest BCUT2D eigenvalue weighted by atomic mass is 10.2. The van der Waals surface area contributed by atoms with E-state index in [2.05, 4.69) is 27.7 Å². The monoisotopic (exact) mass is 190 g/mol. The molecule has 0 unspecified atom stereocenters. The molecule has 0 saturated heterocycles. The summed E-state index contributed by atoms with van der Waals surface area (Å²) in [6.45, 7) is 5.15. The molecule has 0 saturated carbocycles. The highest BCUT2D eigenvalue weighted by Gasteiger charge is 2.09. The van der Waals surface area contributed by atoms with Crippen molar-refractivity contribution in [3.05, 3.63) is 18.1 Å². The van der Waals surface area contributed by atoms with Crippen LogP contribution in [0.1, 0.15) is 18.9 Å². The molecule has 2 rings (SSSR count). The zero-order valence-electron chi connectivity index (χ0n) is 8.49. The van der Waals surface area contributed by atoms with E-state index in [4.69, 9.17) is 5.73 Å². The van der Waals surface area contributed by atoms with Crippen LogP contribution in [0.2, 0.25) is 0 Å². The lowest BCUT2D eigenvalue weighted by molar-refractivity contribution is 0.696. The van der Waals surface area contributed by atoms with Gasteiger partial charge in [0, 0.05) is 12.7 Å². The minimum Gasteiger partial charge on any atom is -0.383 e. The SMILES string of the molecule is CCCn1cc(C)c2c(N)ncnc21. The Hall–Kier alpha value is -1.58. The van der Waals surface area contributed by atoms with Gasteiger partial charge < -0.3 is 10.3 Å². The van der Waals surface area contributed by atoms with Crippen LogP contribution in [0.25, 0.3) is 11.0 Å². The third kappa shape index (κ3) is 1.23. The van der Waals surface area contributed by atoms with Gasteiger partial charge in [0.25, 0.3) is 0 Å². The fourth-order valence-corrected chi connectivity index (χ4v) is 1.76. The van der Waals surface area contributed by atoms with E-state index in [1.807, 2.05) is 6.92 Å². The highest BCUT2D eigenvalue weighted by atomic mass is 15.1. The van der Waals surface area contributed by atoms with E-state index >= 15 is 0 Å². The van der Waals surface area contributed by atoms with E-state index in [0.29, 0.717) is 5.82 Å². The zero-order chi connectivity index (χ0) is 10.1. The normalized spacial score (nSPS) is 11.0. The van der Waals surface area contributed by atoms with Crippen molar-refractivity contribution in [1.29, 1.82) is 0 Å². The second kappa shape index (κ2) is 3.29. The molecule has 0 fully saturated rings. The predicted octanol–water partition coefficient (Wildman–Crippen LogP) is 1.73.